The molecule has 9 heteroatoms. The van der Waals surface area contributed by atoms with Crippen molar-refractivity contribution in [2.45, 2.75) is 89.2 Å². The number of aliphatic hydroxyl groups is 5. The first kappa shape index (κ1) is 26.7. The molecule has 4 aliphatic rings. The summed E-state index contributed by atoms with van der Waals surface area (Å²) in [5.41, 5.74) is 0.360. The van der Waals surface area contributed by atoms with Crippen LogP contribution in [0, 0.1) is 28.6 Å². The summed E-state index contributed by atoms with van der Waals surface area (Å²) in [4.78, 5) is 11.9. The minimum atomic E-state index is -1.51. The third kappa shape index (κ3) is 4.72. The molecule has 0 aromatic rings. The number of allylic oxidation sites excluding steroid dienone is 1. The Morgan fingerprint density at radius 2 is 1.86 bits per heavy atom. The van der Waals surface area contributed by atoms with Crippen LogP contribution in [0.4, 0.5) is 0 Å². The van der Waals surface area contributed by atoms with Gasteiger partial charge < -0.3 is 39.7 Å². The van der Waals surface area contributed by atoms with E-state index < -0.39 is 48.8 Å². The van der Waals surface area contributed by atoms with Crippen molar-refractivity contribution in [2.75, 3.05) is 13.2 Å². The van der Waals surface area contributed by atoms with E-state index in [4.69, 9.17) is 14.2 Å². The van der Waals surface area contributed by atoms with Gasteiger partial charge in [-0.25, -0.2) is 0 Å². The Morgan fingerprint density at radius 1 is 1.11 bits per heavy atom. The highest BCUT2D eigenvalue weighted by atomic mass is 16.7. The largest absolute Gasteiger partial charge is 0.434 e. The number of carbonyl (C=O) groups is 1. The lowest BCUT2D eigenvalue weighted by Crippen LogP contribution is -2.61. The predicted octanol–water partition coefficient (Wildman–Crippen LogP) is 1.02. The SMILES string of the molecule is C=C1CCC2[C@](C)(CO[C@@H]3O[C@H](CO)[C@@H](O)[C@H](O)[C@H]3O)[C@H](O)CC[C@@]2(C)[C@@H]1CCC1C=COC1=O. The smallest absolute Gasteiger partial charge is 0.317 e. The molecular formula is C26H40O9. The molecule has 0 aromatic heterocycles. The second kappa shape index (κ2) is 10.2. The van der Waals surface area contributed by atoms with Gasteiger partial charge in [-0.2, -0.15) is 0 Å². The molecule has 2 saturated carbocycles. The van der Waals surface area contributed by atoms with E-state index in [9.17, 15) is 30.3 Å². The van der Waals surface area contributed by atoms with E-state index in [1.807, 2.05) is 6.92 Å². The van der Waals surface area contributed by atoms with E-state index in [-0.39, 0.29) is 35.7 Å². The molecule has 9 nitrogen and oxygen atoms in total. The molecule has 4 rings (SSSR count). The van der Waals surface area contributed by atoms with E-state index >= 15 is 0 Å². The number of rotatable bonds is 7. The van der Waals surface area contributed by atoms with E-state index in [1.54, 1.807) is 6.08 Å². The fourth-order valence-electron chi connectivity index (χ4n) is 7.11. The van der Waals surface area contributed by atoms with Crippen LogP contribution >= 0.6 is 0 Å². The molecule has 0 bridgehead atoms. The van der Waals surface area contributed by atoms with Crippen molar-refractivity contribution in [3.63, 3.8) is 0 Å². The number of aliphatic hydroxyl groups excluding tert-OH is 5. The van der Waals surface area contributed by atoms with E-state index in [0.29, 0.717) is 12.8 Å². The summed E-state index contributed by atoms with van der Waals surface area (Å²) < 4.78 is 16.5. The quantitative estimate of drug-likeness (QED) is 0.257. The zero-order valence-corrected chi connectivity index (χ0v) is 20.6. The molecule has 0 aromatic carbocycles. The van der Waals surface area contributed by atoms with Gasteiger partial charge in [-0.1, -0.05) is 26.0 Å². The zero-order chi connectivity index (χ0) is 25.5. The number of hydrogen-bond donors (Lipinski definition) is 5. The van der Waals surface area contributed by atoms with Gasteiger partial charge in [0.15, 0.2) is 6.29 Å². The molecule has 5 N–H and O–H groups in total. The summed E-state index contributed by atoms with van der Waals surface area (Å²) in [5.74, 6) is -0.181. The summed E-state index contributed by atoms with van der Waals surface area (Å²) >= 11 is 0. The van der Waals surface area contributed by atoms with Gasteiger partial charge in [-0.15, -0.1) is 0 Å². The van der Waals surface area contributed by atoms with E-state index in [1.165, 1.54) is 11.8 Å². The van der Waals surface area contributed by atoms with Crippen molar-refractivity contribution in [1.29, 1.82) is 0 Å². The van der Waals surface area contributed by atoms with Crippen LogP contribution in [-0.2, 0) is 19.0 Å². The molecule has 198 valence electrons. The van der Waals surface area contributed by atoms with Gasteiger partial charge >= 0.3 is 5.97 Å². The van der Waals surface area contributed by atoms with Gasteiger partial charge in [0.25, 0.3) is 0 Å². The third-order valence-electron chi connectivity index (χ3n) is 9.32. The summed E-state index contributed by atoms with van der Waals surface area (Å²) in [6.07, 6.45) is 0.424. The Bertz CT molecular complexity index is 828. The lowest BCUT2D eigenvalue weighted by molar-refractivity contribution is -0.313. The zero-order valence-electron chi connectivity index (χ0n) is 20.6. The number of carbonyl (C=O) groups excluding carboxylic acids is 1. The van der Waals surface area contributed by atoms with Crippen LogP contribution in [0.5, 0.6) is 0 Å². The van der Waals surface area contributed by atoms with Gasteiger partial charge in [0.05, 0.1) is 31.5 Å². The lowest BCUT2D eigenvalue weighted by Gasteiger charge is -2.60. The molecule has 1 saturated heterocycles. The average molecular weight is 497 g/mol. The first-order valence-corrected chi connectivity index (χ1v) is 12.7. The maximum atomic E-state index is 11.9. The average Bonchev–Trinajstić information content (AvgIpc) is 3.24. The predicted molar refractivity (Wildman–Crippen MR) is 124 cm³/mol. The molecule has 3 fully saturated rings. The Hall–Kier alpha value is -1.33. The van der Waals surface area contributed by atoms with Crippen molar-refractivity contribution >= 4 is 5.97 Å². The van der Waals surface area contributed by atoms with Gasteiger partial charge in [0, 0.05) is 5.41 Å². The van der Waals surface area contributed by atoms with Crippen molar-refractivity contribution in [2.24, 2.45) is 28.6 Å². The lowest BCUT2D eigenvalue weighted by atomic mass is 9.46. The Labute approximate surface area is 206 Å². The van der Waals surface area contributed by atoms with Crippen LogP contribution in [0.25, 0.3) is 0 Å². The molecule has 2 unspecified atom stereocenters. The molecule has 2 aliphatic carbocycles. The molecule has 35 heavy (non-hydrogen) atoms. The summed E-state index contributed by atoms with van der Waals surface area (Å²) in [7, 11) is 0. The number of ether oxygens (including phenoxy) is 3. The molecule has 0 radical (unpaired) electrons. The van der Waals surface area contributed by atoms with Crippen LogP contribution in [0.1, 0.15) is 52.4 Å². The fraction of sp³-hybridized carbons (Fsp3) is 0.808. The van der Waals surface area contributed by atoms with Crippen LogP contribution in [0.2, 0.25) is 0 Å². The van der Waals surface area contributed by atoms with Crippen molar-refractivity contribution in [3.8, 4) is 0 Å². The highest BCUT2D eigenvalue weighted by Crippen LogP contribution is 2.62. The third-order valence-corrected chi connectivity index (χ3v) is 9.32. The first-order chi connectivity index (χ1) is 16.5. The van der Waals surface area contributed by atoms with Gasteiger partial charge in [0.1, 0.15) is 24.4 Å². The highest BCUT2D eigenvalue weighted by Gasteiger charge is 2.58. The molecule has 0 spiro atoms. The van der Waals surface area contributed by atoms with Gasteiger partial charge in [-0.05, 0) is 61.9 Å². The van der Waals surface area contributed by atoms with Crippen LogP contribution in [0.3, 0.4) is 0 Å². The minimum absolute atomic E-state index is 0.0774. The molecule has 11 atom stereocenters. The van der Waals surface area contributed by atoms with Crippen LogP contribution < -0.4 is 0 Å². The minimum Gasteiger partial charge on any atom is -0.434 e. The second-order valence-corrected chi connectivity index (χ2v) is 11.3. The van der Waals surface area contributed by atoms with E-state index in [2.05, 4.69) is 13.5 Å². The monoisotopic (exact) mass is 496 g/mol. The van der Waals surface area contributed by atoms with Gasteiger partial charge in [0.2, 0.25) is 0 Å². The van der Waals surface area contributed by atoms with Crippen LogP contribution in [0.15, 0.2) is 24.5 Å². The van der Waals surface area contributed by atoms with Crippen molar-refractivity contribution in [1.82, 2.24) is 0 Å². The number of esters is 1. The topological polar surface area (TPSA) is 146 Å². The number of hydrogen-bond acceptors (Lipinski definition) is 9. The standard InChI is InChI=1S/C26H40O9/c1-14-4-7-18-25(2,16(14)6-5-15-9-11-33-23(15)32)10-8-19(28)26(18,3)13-34-24-22(31)21(30)20(29)17(12-27)35-24/h9,11,15-22,24,27-31H,1,4-8,10,12-13H2,2-3H3/t15?,16-,17-,18?,19-,20-,21+,22-,24-,25+,26+/m1/s1. The highest BCUT2D eigenvalue weighted by molar-refractivity contribution is 5.77. The number of cyclic esters (lactones) is 1. The molecule has 2 heterocycles. The summed E-state index contributed by atoms with van der Waals surface area (Å²) in [6, 6.07) is 0. The van der Waals surface area contributed by atoms with Crippen LogP contribution in [-0.4, -0.2) is 81.5 Å². The van der Waals surface area contributed by atoms with Gasteiger partial charge in [-0.3, -0.25) is 4.79 Å². The summed E-state index contributed by atoms with van der Waals surface area (Å²) in [6.45, 7) is 8.15. The number of fused-ring (bicyclic) bond motifs is 1. The van der Waals surface area contributed by atoms with Crippen molar-refractivity contribution < 1.29 is 44.5 Å². The normalized spacial score (nSPS) is 48.0. The molecule has 0 amide bonds. The van der Waals surface area contributed by atoms with E-state index in [0.717, 1.165) is 25.7 Å². The fourth-order valence-corrected chi connectivity index (χ4v) is 7.11. The second-order valence-electron chi connectivity index (χ2n) is 11.3. The molecule has 2 aliphatic heterocycles. The Morgan fingerprint density at radius 3 is 2.51 bits per heavy atom. The van der Waals surface area contributed by atoms with Crippen molar-refractivity contribution in [3.05, 3.63) is 24.5 Å². The summed E-state index contributed by atoms with van der Waals surface area (Å²) in [5, 5.41) is 51.2. The Balaban J connectivity index is 1.50. The molecular weight excluding hydrogens is 456 g/mol. The maximum absolute atomic E-state index is 11.9. The Kier molecular flexibility index (Phi) is 7.79. The maximum Gasteiger partial charge on any atom is 0.317 e. The first-order valence-electron chi connectivity index (χ1n) is 12.7.